The fourth-order valence-electron chi connectivity index (χ4n) is 3.35. The van der Waals surface area contributed by atoms with Gasteiger partial charge in [0.25, 0.3) is 5.56 Å². The number of aromatic amines is 1. The van der Waals surface area contributed by atoms with Crippen molar-refractivity contribution in [2.24, 2.45) is 5.10 Å². The lowest BCUT2D eigenvalue weighted by atomic mass is 10.0. The Bertz CT molecular complexity index is 1390. The minimum absolute atomic E-state index is 0.0200. The second-order valence-corrected chi connectivity index (χ2v) is 7.50. The lowest BCUT2D eigenvalue weighted by Crippen LogP contribution is -2.26. The predicted octanol–water partition coefficient (Wildman–Crippen LogP) is 3.86. The molecule has 3 N–H and O–H groups in total. The summed E-state index contributed by atoms with van der Waals surface area (Å²) in [6, 6.07) is 19.2. The van der Waals surface area contributed by atoms with Crippen LogP contribution in [0.5, 0.6) is 11.5 Å². The Morgan fingerprint density at radius 1 is 1.09 bits per heavy atom. The van der Waals surface area contributed by atoms with Crippen LogP contribution in [0.25, 0.3) is 11.0 Å². The number of fused-ring (bicyclic) bond motifs is 2. The Labute approximate surface area is 187 Å². The van der Waals surface area contributed by atoms with Gasteiger partial charge in [-0.1, -0.05) is 35.9 Å². The lowest BCUT2D eigenvalue weighted by molar-refractivity contribution is 0.173. The number of H-pyrrole nitrogens is 1. The molecular formula is C23H17ClN4O4. The van der Waals surface area contributed by atoms with E-state index in [0.717, 1.165) is 0 Å². The number of aliphatic hydroxyl groups excluding tert-OH is 1. The Morgan fingerprint density at radius 3 is 2.75 bits per heavy atom. The summed E-state index contributed by atoms with van der Waals surface area (Å²) in [5.41, 5.74) is 4.56. The Hall–Kier alpha value is -3.88. The summed E-state index contributed by atoms with van der Waals surface area (Å²) >= 11 is 6.02. The van der Waals surface area contributed by atoms with Gasteiger partial charge in [-0.15, -0.1) is 0 Å². The predicted molar refractivity (Wildman–Crippen MR) is 122 cm³/mol. The SMILES string of the molecule is O=c1[nH]c2cc(Cl)ccc2nc1C(=NNc1ccccc1)C(O)c1ccc2c(c1)OCO2. The smallest absolute Gasteiger partial charge is 0.276 e. The molecule has 2 heterocycles. The van der Waals surface area contributed by atoms with Gasteiger partial charge in [0.15, 0.2) is 17.2 Å². The molecule has 4 aromatic rings. The van der Waals surface area contributed by atoms with E-state index in [4.69, 9.17) is 21.1 Å². The number of hydrogen-bond donors (Lipinski definition) is 3. The van der Waals surface area contributed by atoms with Crippen LogP contribution in [-0.2, 0) is 0 Å². The van der Waals surface area contributed by atoms with Crippen molar-refractivity contribution in [2.45, 2.75) is 6.10 Å². The average Bonchev–Trinajstić information content (AvgIpc) is 3.28. The number of aliphatic hydroxyl groups is 1. The van der Waals surface area contributed by atoms with E-state index in [2.05, 4.69) is 20.5 Å². The Balaban J connectivity index is 1.61. The van der Waals surface area contributed by atoms with Crippen LogP contribution in [0.4, 0.5) is 5.69 Å². The zero-order valence-electron chi connectivity index (χ0n) is 16.6. The summed E-state index contributed by atoms with van der Waals surface area (Å²) in [6.45, 7) is 0.111. The molecule has 1 aliphatic rings. The number of ether oxygens (including phenoxy) is 2. The molecule has 0 saturated carbocycles. The minimum Gasteiger partial charge on any atom is -0.454 e. The van der Waals surface area contributed by atoms with E-state index in [-0.39, 0.29) is 18.2 Å². The molecule has 9 heteroatoms. The number of hydrogen-bond acceptors (Lipinski definition) is 7. The number of aromatic nitrogens is 2. The lowest BCUT2D eigenvalue weighted by Gasteiger charge is -2.15. The number of anilines is 1. The molecular weight excluding hydrogens is 432 g/mol. The number of nitrogens with one attached hydrogen (secondary N) is 2. The summed E-state index contributed by atoms with van der Waals surface area (Å²) in [4.78, 5) is 20.1. The molecule has 3 aromatic carbocycles. The van der Waals surface area contributed by atoms with Gasteiger partial charge in [0.1, 0.15) is 11.8 Å². The fraction of sp³-hybridized carbons (Fsp3) is 0.0870. The van der Waals surface area contributed by atoms with Gasteiger partial charge >= 0.3 is 0 Å². The molecule has 0 amide bonds. The van der Waals surface area contributed by atoms with Crippen molar-refractivity contribution in [1.82, 2.24) is 9.97 Å². The van der Waals surface area contributed by atoms with Crippen molar-refractivity contribution in [2.75, 3.05) is 12.2 Å². The first kappa shape index (κ1) is 20.0. The van der Waals surface area contributed by atoms with Crippen LogP contribution in [0.15, 0.2) is 76.6 Å². The maximum Gasteiger partial charge on any atom is 0.276 e. The van der Waals surface area contributed by atoms with Crippen molar-refractivity contribution in [1.29, 1.82) is 0 Å². The Kier molecular flexibility index (Phi) is 5.22. The van der Waals surface area contributed by atoms with Crippen LogP contribution in [0, 0.1) is 0 Å². The van der Waals surface area contributed by atoms with E-state index < -0.39 is 11.7 Å². The summed E-state index contributed by atoms with van der Waals surface area (Å²) in [6.07, 6.45) is -1.26. The second kappa shape index (κ2) is 8.33. The van der Waals surface area contributed by atoms with E-state index >= 15 is 0 Å². The maximum atomic E-state index is 12.9. The number of halogens is 1. The highest BCUT2D eigenvalue weighted by atomic mass is 35.5. The average molecular weight is 449 g/mol. The maximum absolute atomic E-state index is 12.9. The molecule has 1 atom stereocenters. The van der Waals surface area contributed by atoms with E-state index in [1.54, 1.807) is 36.4 Å². The topological polar surface area (TPSA) is 109 Å². The van der Waals surface area contributed by atoms with Gasteiger partial charge in [-0.25, -0.2) is 4.98 Å². The molecule has 0 fully saturated rings. The monoisotopic (exact) mass is 448 g/mol. The summed E-state index contributed by atoms with van der Waals surface area (Å²) in [7, 11) is 0. The van der Waals surface area contributed by atoms with Gasteiger partial charge in [0.05, 0.1) is 16.7 Å². The molecule has 0 bridgehead atoms. The van der Waals surface area contributed by atoms with Crippen molar-refractivity contribution in [3.8, 4) is 11.5 Å². The van der Waals surface area contributed by atoms with E-state index in [9.17, 15) is 9.90 Å². The van der Waals surface area contributed by atoms with Gasteiger partial charge in [0.2, 0.25) is 6.79 Å². The highest BCUT2D eigenvalue weighted by Gasteiger charge is 2.25. The van der Waals surface area contributed by atoms with Crippen LogP contribution in [0.2, 0.25) is 5.02 Å². The van der Waals surface area contributed by atoms with E-state index in [0.29, 0.717) is 38.8 Å². The molecule has 0 spiro atoms. The fourth-order valence-corrected chi connectivity index (χ4v) is 3.53. The molecule has 160 valence electrons. The first-order valence-corrected chi connectivity index (χ1v) is 10.1. The molecule has 8 nitrogen and oxygen atoms in total. The Morgan fingerprint density at radius 2 is 1.91 bits per heavy atom. The molecule has 0 radical (unpaired) electrons. The van der Waals surface area contributed by atoms with E-state index in [1.807, 2.05) is 30.3 Å². The zero-order chi connectivity index (χ0) is 22.1. The summed E-state index contributed by atoms with van der Waals surface area (Å²) in [5.74, 6) is 1.09. The first-order chi connectivity index (χ1) is 15.6. The van der Waals surface area contributed by atoms with Gasteiger partial charge in [-0.05, 0) is 48.0 Å². The standard InChI is InChI=1S/C23H17ClN4O4/c24-14-7-8-16-17(11-14)26-23(30)21(25-16)20(28-27-15-4-2-1-3-5-15)22(29)13-6-9-18-19(10-13)32-12-31-18/h1-11,22,27,29H,12H2,(H,26,30). The number of rotatable bonds is 5. The van der Waals surface area contributed by atoms with Gasteiger partial charge in [0, 0.05) is 5.02 Å². The highest BCUT2D eigenvalue weighted by Crippen LogP contribution is 2.34. The zero-order valence-corrected chi connectivity index (χ0v) is 17.3. The number of hydrazone groups is 1. The third kappa shape index (κ3) is 3.89. The van der Waals surface area contributed by atoms with Crippen LogP contribution in [-0.4, -0.2) is 27.6 Å². The molecule has 1 aliphatic heterocycles. The highest BCUT2D eigenvalue weighted by molar-refractivity contribution is 6.31. The molecule has 1 aromatic heterocycles. The third-order valence-electron chi connectivity index (χ3n) is 4.95. The number of benzene rings is 3. The van der Waals surface area contributed by atoms with Gasteiger partial charge in [-0.2, -0.15) is 5.10 Å². The van der Waals surface area contributed by atoms with Crippen LogP contribution in [0.1, 0.15) is 17.4 Å². The minimum atomic E-state index is -1.26. The third-order valence-corrected chi connectivity index (χ3v) is 5.18. The van der Waals surface area contributed by atoms with Crippen LogP contribution in [0.3, 0.4) is 0 Å². The quantitative estimate of drug-likeness (QED) is 0.316. The largest absolute Gasteiger partial charge is 0.454 e. The first-order valence-electron chi connectivity index (χ1n) is 9.75. The van der Waals surface area contributed by atoms with Crippen LogP contribution >= 0.6 is 11.6 Å². The van der Waals surface area contributed by atoms with Gasteiger partial charge < -0.3 is 19.6 Å². The molecule has 0 saturated heterocycles. The number of para-hydroxylation sites is 1. The van der Waals surface area contributed by atoms with E-state index in [1.165, 1.54) is 0 Å². The van der Waals surface area contributed by atoms with Crippen molar-refractivity contribution < 1.29 is 14.6 Å². The van der Waals surface area contributed by atoms with Crippen LogP contribution < -0.4 is 20.5 Å². The number of nitrogens with zero attached hydrogens (tertiary/aromatic N) is 2. The van der Waals surface area contributed by atoms with Crippen molar-refractivity contribution in [3.05, 3.63) is 93.4 Å². The summed E-state index contributed by atoms with van der Waals surface area (Å²) < 4.78 is 10.7. The summed E-state index contributed by atoms with van der Waals surface area (Å²) in [5, 5.41) is 16.0. The van der Waals surface area contributed by atoms with Crippen molar-refractivity contribution in [3.63, 3.8) is 0 Å². The normalized spacial score (nSPS) is 13.9. The van der Waals surface area contributed by atoms with Crippen molar-refractivity contribution >= 4 is 34.0 Å². The molecule has 5 rings (SSSR count). The molecule has 1 unspecified atom stereocenters. The van der Waals surface area contributed by atoms with Gasteiger partial charge in [-0.3, -0.25) is 10.2 Å². The molecule has 32 heavy (non-hydrogen) atoms. The second-order valence-electron chi connectivity index (χ2n) is 7.07. The molecule has 0 aliphatic carbocycles.